The second kappa shape index (κ2) is 7.79. The molecule has 148 valence electrons. The van der Waals surface area contributed by atoms with Crippen LogP contribution < -0.4 is 5.32 Å². The van der Waals surface area contributed by atoms with Gasteiger partial charge in [-0.15, -0.1) is 0 Å². The van der Waals surface area contributed by atoms with Crippen LogP contribution in [0.5, 0.6) is 0 Å². The molecule has 0 aromatic carbocycles. The van der Waals surface area contributed by atoms with Crippen molar-refractivity contribution in [2.45, 2.75) is 25.8 Å². The van der Waals surface area contributed by atoms with E-state index in [-0.39, 0.29) is 5.91 Å². The van der Waals surface area contributed by atoms with E-state index in [0.29, 0.717) is 0 Å². The van der Waals surface area contributed by atoms with Gasteiger partial charge < -0.3 is 14.8 Å². The fourth-order valence-corrected chi connectivity index (χ4v) is 4.34. The molecular formula is C23H25N5O. The average Bonchev–Trinajstić information content (AvgIpc) is 3.23. The Morgan fingerprint density at radius 2 is 1.97 bits per heavy atom. The summed E-state index contributed by atoms with van der Waals surface area (Å²) < 4.78 is 2.25. The lowest BCUT2D eigenvalue weighted by atomic mass is 9.91. The lowest BCUT2D eigenvalue weighted by Gasteiger charge is -2.29. The number of nitrogens with zero attached hydrogens (tertiary/aromatic N) is 4. The van der Waals surface area contributed by atoms with Crippen molar-refractivity contribution in [2.75, 3.05) is 26.2 Å². The van der Waals surface area contributed by atoms with Crippen molar-refractivity contribution in [1.29, 1.82) is 0 Å². The summed E-state index contributed by atoms with van der Waals surface area (Å²) in [5, 5.41) is 3.31. The predicted octanol–water partition coefficient (Wildman–Crippen LogP) is 2.81. The normalized spacial score (nSPS) is 19.2. The van der Waals surface area contributed by atoms with Crippen LogP contribution >= 0.6 is 0 Å². The second-order valence-corrected chi connectivity index (χ2v) is 7.72. The number of rotatable bonds is 3. The number of pyridine rings is 1. The van der Waals surface area contributed by atoms with Crippen molar-refractivity contribution in [1.82, 2.24) is 24.8 Å². The zero-order valence-corrected chi connectivity index (χ0v) is 16.5. The summed E-state index contributed by atoms with van der Waals surface area (Å²) in [6, 6.07) is 4.02. The summed E-state index contributed by atoms with van der Waals surface area (Å²) in [6.45, 7) is 4.25. The Bertz CT molecular complexity index is 1010. The van der Waals surface area contributed by atoms with Crippen molar-refractivity contribution in [3.63, 3.8) is 0 Å². The smallest absolute Gasteiger partial charge is 0.249 e. The summed E-state index contributed by atoms with van der Waals surface area (Å²) in [5.41, 5.74) is 5.59. The zero-order chi connectivity index (χ0) is 19.6. The molecule has 2 aliphatic heterocycles. The topological polar surface area (TPSA) is 63.1 Å². The number of hydrogen-bond acceptors (Lipinski definition) is 4. The summed E-state index contributed by atoms with van der Waals surface area (Å²) in [5.74, 6) is 1.17. The fraction of sp³-hybridized carbons (Fsp3) is 0.348. The first-order chi connectivity index (χ1) is 14.3. The van der Waals surface area contributed by atoms with Gasteiger partial charge in [0, 0.05) is 56.3 Å². The Balaban J connectivity index is 1.39. The van der Waals surface area contributed by atoms with Crippen LogP contribution in [0.25, 0.3) is 17.3 Å². The maximum Gasteiger partial charge on any atom is 0.249 e. The summed E-state index contributed by atoms with van der Waals surface area (Å²) in [6.07, 6.45) is 14.8. The van der Waals surface area contributed by atoms with E-state index in [9.17, 15) is 4.79 Å². The summed E-state index contributed by atoms with van der Waals surface area (Å²) >= 11 is 0. The highest BCUT2D eigenvalue weighted by Crippen LogP contribution is 2.32. The highest BCUT2D eigenvalue weighted by Gasteiger charge is 2.23. The van der Waals surface area contributed by atoms with Crippen LogP contribution in [0.15, 0.2) is 59.6 Å². The molecule has 2 aromatic heterocycles. The van der Waals surface area contributed by atoms with E-state index in [1.54, 1.807) is 6.20 Å². The van der Waals surface area contributed by atoms with Gasteiger partial charge in [-0.2, -0.15) is 0 Å². The number of amides is 1. The molecular weight excluding hydrogens is 362 g/mol. The molecule has 1 aliphatic carbocycles. The van der Waals surface area contributed by atoms with Gasteiger partial charge in [-0.25, -0.2) is 4.98 Å². The van der Waals surface area contributed by atoms with E-state index < -0.39 is 0 Å². The number of allylic oxidation sites excluding steroid dienone is 4. The minimum Gasteiger partial charge on any atom is -0.336 e. The van der Waals surface area contributed by atoms with E-state index >= 15 is 0 Å². The van der Waals surface area contributed by atoms with Gasteiger partial charge in [0.1, 0.15) is 5.82 Å². The number of carbonyl (C=O) groups excluding carboxylic acids is 1. The van der Waals surface area contributed by atoms with E-state index in [0.717, 1.165) is 74.6 Å². The lowest BCUT2D eigenvalue weighted by Crippen LogP contribution is -2.47. The molecule has 0 saturated carbocycles. The SMILES string of the molecule is O=C(C1=CC(C2=Cc3ncc(-c4cccnc4)n3CC2)=CCC1)N1CCNCC1. The summed E-state index contributed by atoms with van der Waals surface area (Å²) in [7, 11) is 0. The Morgan fingerprint density at radius 1 is 1.07 bits per heavy atom. The Morgan fingerprint density at radius 3 is 2.79 bits per heavy atom. The number of nitrogens with one attached hydrogen (secondary N) is 1. The maximum absolute atomic E-state index is 12.9. The number of aromatic nitrogens is 3. The van der Waals surface area contributed by atoms with E-state index in [1.165, 1.54) is 11.1 Å². The van der Waals surface area contributed by atoms with Crippen molar-refractivity contribution in [3.05, 3.63) is 65.4 Å². The monoisotopic (exact) mass is 387 g/mol. The van der Waals surface area contributed by atoms with Crippen molar-refractivity contribution < 1.29 is 4.79 Å². The molecule has 0 radical (unpaired) electrons. The quantitative estimate of drug-likeness (QED) is 0.880. The van der Waals surface area contributed by atoms with Crippen molar-refractivity contribution in [3.8, 4) is 11.3 Å². The number of fused-ring (bicyclic) bond motifs is 1. The van der Waals surface area contributed by atoms with E-state index in [2.05, 4.69) is 44.1 Å². The minimum absolute atomic E-state index is 0.203. The molecule has 6 nitrogen and oxygen atoms in total. The molecule has 0 spiro atoms. The highest BCUT2D eigenvalue weighted by atomic mass is 16.2. The molecule has 0 bridgehead atoms. The van der Waals surface area contributed by atoms with Gasteiger partial charge in [0.2, 0.25) is 5.91 Å². The van der Waals surface area contributed by atoms with Gasteiger partial charge in [-0.05, 0) is 54.7 Å². The first kappa shape index (κ1) is 18.1. The van der Waals surface area contributed by atoms with Crippen LogP contribution in [0.2, 0.25) is 0 Å². The van der Waals surface area contributed by atoms with Crippen LogP contribution in [0.4, 0.5) is 0 Å². The number of carbonyl (C=O) groups is 1. The lowest BCUT2D eigenvalue weighted by molar-refractivity contribution is -0.127. The third kappa shape index (κ3) is 3.56. The predicted molar refractivity (Wildman–Crippen MR) is 113 cm³/mol. The molecule has 1 saturated heterocycles. The van der Waals surface area contributed by atoms with Gasteiger partial charge in [-0.1, -0.05) is 6.08 Å². The largest absolute Gasteiger partial charge is 0.336 e. The van der Waals surface area contributed by atoms with Gasteiger partial charge in [-0.3, -0.25) is 9.78 Å². The van der Waals surface area contributed by atoms with E-state index in [1.807, 2.05) is 23.4 Å². The van der Waals surface area contributed by atoms with Gasteiger partial charge in [0.25, 0.3) is 0 Å². The fourth-order valence-electron chi connectivity index (χ4n) is 4.34. The molecule has 4 heterocycles. The molecule has 2 aromatic rings. The molecule has 3 aliphatic rings. The highest BCUT2D eigenvalue weighted by molar-refractivity contribution is 5.94. The first-order valence-corrected chi connectivity index (χ1v) is 10.4. The molecule has 1 N–H and O–H groups in total. The van der Waals surface area contributed by atoms with Gasteiger partial charge in [0.05, 0.1) is 11.9 Å². The Hall–Kier alpha value is -2.99. The van der Waals surface area contributed by atoms with Crippen LogP contribution in [-0.4, -0.2) is 51.5 Å². The molecule has 0 atom stereocenters. The Labute approximate surface area is 170 Å². The van der Waals surface area contributed by atoms with Crippen molar-refractivity contribution in [2.24, 2.45) is 0 Å². The second-order valence-electron chi connectivity index (χ2n) is 7.72. The maximum atomic E-state index is 12.9. The number of hydrogen-bond donors (Lipinski definition) is 1. The minimum atomic E-state index is 0.203. The van der Waals surface area contributed by atoms with Crippen LogP contribution in [0.1, 0.15) is 25.1 Å². The van der Waals surface area contributed by atoms with Crippen LogP contribution in [0, 0.1) is 0 Å². The molecule has 1 amide bonds. The van der Waals surface area contributed by atoms with Gasteiger partial charge >= 0.3 is 0 Å². The van der Waals surface area contributed by atoms with Crippen LogP contribution in [0.3, 0.4) is 0 Å². The van der Waals surface area contributed by atoms with Crippen LogP contribution in [-0.2, 0) is 11.3 Å². The molecule has 0 unspecified atom stereocenters. The van der Waals surface area contributed by atoms with Crippen molar-refractivity contribution >= 4 is 12.0 Å². The van der Waals surface area contributed by atoms with Gasteiger partial charge in [0.15, 0.2) is 0 Å². The molecule has 29 heavy (non-hydrogen) atoms. The average molecular weight is 387 g/mol. The van der Waals surface area contributed by atoms with E-state index in [4.69, 9.17) is 0 Å². The Kier molecular flexibility index (Phi) is 4.86. The molecule has 1 fully saturated rings. The third-order valence-electron chi connectivity index (χ3n) is 5.91. The molecule has 6 heteroatoms. The number of imidazole rings is 1. The first-order valence-electron chi connectivity index (χ1n) is 10.4. The third-order valence-corrected chi connectivity index (χ3v) is 5.91. The zero-order valence-electron chi connectivity index (χ0n) is 16.5. The molecule has 5 rings (SSSR count). The standard InChI is InChI=1S/C23H25N5O/c29-23(27-11-8-24-9-12-27)19-4-1-3-17(13-19)18-6-10-28-21(16-26-22(28)14-18)20-5-2-7-25-15-20/h2-3,5,7,13-16,24H,1,4,6,8-12H2. The number of piperazine rings is 1. The summed E-state index contributed by atoms with van der Waals surface area (Å²) in [4.78, 5) is 23.7.